The van der Waals surface area contributed by atoms with Crippen molar-refractivity contribution >= 4 is 5.91 Å². The van der Waals surface area contributed by atoms with Gasteiger partial charge in [-0.1, -0.05) is 26.8 Å². The predicted octanol–water partition coefficient (Wildman–Crippen LogP) is 1.85. The first-order chi connectivity index (χ1) is 11.5. The van der Waals surface area contributed by atoms with Crippen LogP contribution in [0.1, 0.15) is 39.7 Å². The van der Waals surface area contributed by atoms with E-state index in [9.17, 15) is 9.90 Å². The van der Waals surface area contributed by atoms with E-state index in [0.717, 1.165) is 5.56 Å². The molecule has 24 heavy (non-hydrogen) atoms. The van der Waals surface area contributed by atoms with Crippen molar-refractivity contribution in [2.24, 2.45) is 0 Å². The molecule has 0 bridgehead atoms. The molecule has 6 nitrogen and oxygen atoms in total. The second-order valence-corrected chi connectivity index (χ2v) is 5.87. The van der Waals surface area contributed by atoms with Crippen molar-refractivity contribution in [3.63, 3.8) is 0 Å². The lowest BCUT2D eigenvalue weighted by molar-refractivity contribution is -0.120. The van der Waals surface area contributed by atoms with E-state index in [1.54, 1.807) is 6.07 Å². The zero-order chi connectivity index (χ0) is 17.9. The first-order valence-electron chi connectivity index (χ1n) is 8.52. The average Bonchev–Trinajstić information content (AvgIpc) is 2.57. The number of amides is 1. The van der Waals surface area contributed by atoms with E-state index in [4.69, 9.17) is 9.47 Å². The normalized spacial score (nSPS) is 12.1. The van der Waals surface area contributed by atoms with Crippen molar-refractivity contribution in [3.05, 3.63) is 23.8 Å². The number of carbonyl (C=O) groups is 1. The van der Waals surface area contributed by atoms with Crippen LogP contribution in [0.5, 0.6) is 11.5 Å². The molecule has 3 N–H and O–H groups in total. The number of ether oxygens (including phenoxy) is 2. The molecule has 0 saturated heterocycles. The van der Waals surface area contributed by atoms with Gasteiger partial charge in [0.05, 0.1) is 6.61 Å². The monoisotopic (exact) mass is 338 g/mol. The van der Waals surface area contributed by atoms with Crippen molar-refractivity contribution in [2.45, 2.75) is 52.8 Å². The molecule has 0 spiro atoms. The van der Waals surface area contributed by atoms with E-state index < -0.39 is 6.10 Å². The summed E-state index contributed by atoms with van der Waals surface area (Å²) in [6, 6.07) is 5.86. The molecule has 1 rings (SSSR count). The van der Waals surface area contributed by atoms with Gasteiger partial charge < -0.3 is 25.2 Å². The van der Waals surface area contributed by atoms with E-state index in [1.165, 1.54) is 0 Å². The number of hydrogen-bond acceptors (Lipinski definition) is 5. The van der Waals surface area contributed by atoms with Gasteiger partial charge in [0, 0.05) is 25.6 Å². The topological polar surface area (TPSA) is 79.8 Å². The largest absolute Gasteiger partial charge is 0.490 e. The van der Waals surface area contributed by atoms with Gasteiger partial charge in [0.25, 0.3) is 0 Å². The fourth-order valence-corrected chi connectivity index (χ4v) is 1.99. The lowest BCUT2D eigenvalue weighted by Crippen LogP contribution is -2.35. The zero-order valence-corrected chi connectivity index (χ0v) is 15.1. The Bertz CT molecular complexity index is 506. The molecule has 0 saturated carbocycles. The van der Waals surface area contributed by atoms with Gasteiger partial charge in [0.2, 0.25) is 5.91 Å². The first kappa shape index (κ1) is 20.3. The van der Waals surface area contributed by atoms with E-state index in [2.05, 4.69) is 10.6 Å². The maximum absolute atomic E-state index is 11.3. The molecule has 0 fully saturated rings. The van der Waals surface area contributed by atoms with Crippen molar-refractivity contribution in [3.8, 4) is 11.5 Å². The fraction of sp³-hybridized carbons (Fsp3) is 0.611. The number of nitrogens with one attached hydrogen (secondary N) is 2. The third-order valence-corrected chi connectivity index (χ3v) is 3.31. The lowest BCUT2D eigenvalue weighted by atomic mass is 10.2. The smallest absolute Gasteiger partial charge is 0.219 e. The van der Waals surface area contributed by atoms with Crippen molar-refractivity contribution in [2.75, 3.05) is 19.8 Å². The molecule has 0 aliphatic heterocycles. The number of carbonyl (C=O) groups excluding carboxylic acids is 1. The van der Waals surface area contributed by atoms with E-state index in [0.29, 0.717) is 43.7 Å². The fourth-order valence-electron chi connectivity index (χ4n) is 1.99. The molecule has 0 aromatic heterocycles. The Labute approximate surface area is 144 Å². The molecule has 1 aromatic rings. The summed E-state index contributed by atoms with van der Waals surface area (Å²) < 4.78 is 11.3. The Morgan fingerprint density at radius 3 is 2.58 bits per heavy atom. The predicted molar refractivity (Wildman–Crippen MR) is 94.4 cm³/mol. The molecule has 1 aromatic carbocycles. The van der Waals surface area contributed by atoms with Gasteiger partial charge in [0.15, 0.2) is 11.5 Å². The van der Waals surface area contributed by atoms with E-state index >= 15 is 0 Å². The number of benzene rings is 1. The third kappa shape index (κ3) is 7.66. The van der Waals surface area contributed by atoms with Gasteiger partial charge in [-0.2, -0.15) is 0 Å². The SMILES string of the molecule is CCOc1cc(CNC(=O)CC)ccc1OCC(O)CNC(C)C. The Balaban J connectivity index is 2.63. The maximum atomic E-state index is 11.3. The highest BCUT2D eigenvalue weighted by Gasteiger charge is 2.11. The van der Waals surface area contributed by atoms with Gasteiger partial charge in [-0.3, -0.25) is 4.79 Å². The van der Waals surface area contributed by atoms with Crippen LogP contribution < -0.4 is 20.1 Å². The van der Waals surface area contributed by atoms with Crippen LogP contribution in [0.15, 0.2) is 18.2 Å². The highest BCUT2D eigenvalue weighted by Crippen LogP contribution is 2.28. The maximum Gasteiger partial charge on any atom is 0.219 e. The van der Waals surface area contributed by atoms with Crippen LogP contribution in [0, 0.1) is 0 Å². The van der Waals surface area contributed by atoms with Crippen LogP contribution in [-0.4, -0.2) is 42.9 Å². The van der Waals surface area contributed by atoms with Gasteiger partial charge in [-0.15, -0.1) is 0 Å². The molecule has 1 amide bonds. The summed E-state index contributed by atoms with van der Waals surface area (Å²) >= 11 is 0. The number of rotatable bonds is 11. The second-order valence-electron chi connectivity index (χ2n) is 5.87. The standard InChI is InChI=1S/C18H30N2O4/c1-5-18(22)20-10-14-7-8-16(17(9-14)23-6-2)24-12-15(21)11-19-13(3)4/h7-9,13,15,19,21H,5-6,10-12H2,1-4H3,(H,20,22). The Kier molecular flexibility index (Phi) is 9.19. The summed E-state index contributed by atoms with van der Waals surface area (Å²) in [5.41, 5.74) is 0.939. The van der Waals surface area contributed by atoms with Gasteiger partial charge in [0.1, 0.15) is 12.7 Å². The highest BCUT2D eigenvalue weighted by molar-refractivity contribution is 5.75. The molecule has 1 atom stereocenters. The minimum atomic E-state index is -0.592. The van der Waals surface area contributed by atoms with Crippen molar-refractivity contribution in [1.82, 2.24) is 10.6 Å². The Morgan fingerprint density at radius 1 is 1.21 bits per heavy atom. The molecular weight excluding hydrogens is 308 g/mol. The third-order valence-electron chi connectivity index (χ3n) is 3.31. The Hall–Kier alpha value is -1.79. The molecule has 6 heteroatoms. The average molecular weight is 338 g/mol. The lowest BCUT2D eigenvalue weighted by Gasteiger charge is -2.17. The highest BCUT2D eigenvalue weighted by atomic mass is 16.5. The second kappa shape index (κ2) is 10.9. The first-order valence-corrected chi connectivity index (χ1v) is 8.52. The summed E-state index contributed by atoms with van der Waals surface area (Å²) in [7, 11) is 0. The summed E-state index contributed by atoms with van der Waals surface area (Å²) in [5, 5.41) is 15.9. The van der Waals surface area contributed by atoms with Crippen LogP contribution in [-0.2, 0) is 11.3 Å². The summed E-state index contributed by atoms with van der Waals surface area (Å²) in [4.78, 5) is 11.3. The molecule has 0 radical (unpaired) electrons. The van der Waals surface area contributed by atoms with E-state index in [1.807, 2.05) is 39.8 Å². The van der Waals surface area contributed by atoms with Crippen molar-refractivity contribution < 1.29 is 19.4 Å². The van der Waals surface area contributed by atoms with Crippen molar-refractivity contribution in [1.29, 1.82) is 0 Å². The molecule has 0 aliphatic rings. The van der Waals surface area contributed by atoms with Gasteiger partial charge in [-0.25, -0.2) is 0 Å². The summed E-state index contributed by atoms with van der Waals surface area (Å²) in [6.07, 6.45) is -0.132. The molecule has 1 unspecified atom stereocenters. The van der Waals surface area contributed by atoms with Crippen LogP contribution >= 0.6 is 0 Å². The zero-order valence-electron chi connectivity index (χ0n) is 15.1. The van der Waals surface area contributed by atoms with Crippen LogP contribution in [0.2, 0.25) is 0 Å². The minimum absolute atomic E-state index is 0.00839. The van der Waals surface area contributed by atoms with E-state index in [-0.39, 0.29) is 12.5 Å². The van der Waals surface area contributed by atoms with Gasteiger partial charge >= 0.3 is 0 Å². The number of aliphatic hydroxyl groups excluding tert-OH is 1. The molecular formula is C18H30N2O4. The molecule has 136 valence electrons. The quantitative estimate of drug-likeness (QED) is 0.574. The Morgan fingerprint density at radius 2 is 1.96 bits per heavy atom. The summed E-state index contributed by atoms with van der Waals surface area (Å²) in [6.45, 7) is 9.39. The number of hydrogen-bond donors (Lipinski definition) is 3. The van der Waals surface area contributed by atoms with Crippen LogP contribution in [0.25, 0.3) is 0 Å². The molecule has 0 aliphatic carbocycles. The molecule has 0 heterocycles. The van der Waals surface area contributed by atoms with Crippen LogP contribution in [0.3, 0.4) is 0 Å². The summed E-state index contributed by atoms with van der Waals surface area (Å²) in [5.74, 6) is 1.21. The van der Waals surface area contributed by atoms with Crippen LogP contribution in [0.4, 0.5) is 0 Å². The minimum Gasteiger partial charge on any atom is -0.490 e. The number of aliphatic hydroxyl groups is 1. The van der Waals surface area contributed by atoms with Gasteiger partial charge in [-0.05, 0) is 24.6 Å².